The van der Waals surface area contributed by atoms with Gasteiger partial charge in [-0.25, -0.2) is 10.2 Å². The molecule has 10 heteroatoms. The summed E-state index contributed by atoms with van der Waals surface area (Å²) in [4.78, 5) is 29.2. The van der Waals surface area contributed by atoms with E-state index in [0.717, 1.165) is 20.0 Å². The molecule has 0 fully saturated rings. The van der Waals surface area contributed by atoms with Crippen molar-refractivity contribution < 1.29 is 19.1 Å². The highest BCUT2D eigenvalue weighted by Gasteiger charge is 2.21. The Morgan fingerprint density at radius 3 is 2.51 bits per heavy atom. The molecule has 206 valence electrons. The van der Waals surface area contributed by atoms with E-state index < -0.39 is 11.9 Å². The number of para-hydroxylation sites is 1. The number of benzene rings is 4. The van der Waals surface area contributed by atoms with Crippen LogP contribution in [0.2, 0.25) is 10.0 Å². The molecule has 7 nitrogen and oxygen atoms in total. The number of fused-ring (bicyclic) bond motifs is 1. The lowest BCUT2D eigenvalue weighted by Gasteiger charge is -2.11. The van der Waals surface area contributed by atoms with Crippen LogP contribution in [-0.4, -0.2) is 29.7 Å². The van der Waals surface area contributed by atoms with Crippen LogP contribution in [0.4, 0.5) is 0 Å². The van der Waals surface area contributed by atoms with Crippen LogP contribution in [0.3, 0.4) is 0 Å². The zero-order valence-corrected chi connectivity index (χ0v) is 25.3. The number of H-pyrrole nitrogens is 1. The molecule has 5 aromatic rings. The molecule has 0 aliphatic carbocycles. The first-order valence-electron chi connectivity index (χ1n) is 12.5. The van der Waals surface area contributed by atoms with Crippen LogP contribution in [0, 0.1) is 3.57 Å². The number of hydrogen-bond acceptors (Lipinski definition) is 5. The molecule has 0 radical (unpaired) electrons. The maximum Gasteiger partial charge on any atom is 0.343 e. The lowest BCUT2D eigenvalue weighted by Crippen LogP contribution is -2.19. The normalized spacial score (nSPS) is 11.1. The Morgan fingerprint density at radius 1 is 0.976 bits per heavy atom. The number of nitrogens with one attached hydrogen (secondary N) is 2. The summed E-state index contributed by atoms with van der Waals surface area (Å²) in [6, 6.07) is 24.6. The fraction of sp³-hybridized carbons (Fsp3) is 0.0645. The van der Waals surface area contributed by atoms with Crippen LogP contribution in [-0.2, 0) is 0 Å². The van der Waals surface area contributed by atoms with Gasteiger partial charge in [0.2, 0.25) is 0 Å². The largest absolute Gasteiger partial charge is 0.490 e. The van der Waals surface area contributed by atoms with Gasteiger partial charge in [-0.1, -0.05) is 53.5 Å². The van der Waals surface area contributed by atoms with Crippen molar-refractivity contribution in [2.24, 2.45) is 5.10 Å². The van der Waals surface area contributed by atoms with E-state index in [0.29, 0.717) is 44.8 Å². The molecule has 0 saturated heterocycles. The predicted octanol–water partition coefficient (Wildman–Crippen LogP) is 8.13. The van der Waals surface area contributed by atoms with Crippen LogP contribution in [0.15, 0.2) is 90.0 Å². The molecule has 5 rings (SSSR count). The summed E-state index contributed by atoms with van der Waals surface area (Å²) in [5.41, 5.74) is 6.19. The van der Waals surface area contributed by atoms with Crippen molar-refractivity contribution >= 4 is 74.8 Å². The summed E-state index contributed by atoms with van der Waals surface area (Å²) < 4.78 is 12.2. The zero-order valence-electron chi connectivity index (χ0n) is 21.6. The lowest BCUT2D eigenvalue weighted by molar-refractivity contribution is 0.0728. The van der Waals surface area contributed by atoms with Crippen molar-refractivity contribution in [2.45, 2.75) is 6.92 Å². The molecule has 1 amide bonds. The standard InChI is InChI=1S/C31H22Cl2IN3O4/c1-2-40-26-16-18(10-15-25(26)41-31(39)19-11-13-20(32)14-12-19)17-35-37-30(38)29-27(21-6-3-4-8-23(21)33)22-7-5-9-24(34)28(22)36-29/h3-17,36H,2H2,1H3,(H,37,38). The highest BCUT2D eigenvalue weighted by atomic mass is 127. The Labute approximate surface area is 259 Å². The number of rotatable bonds is 8. The van der Waals surface area contributed by atoms with Gasteiger partial charge in [0.05, 0.1) is 23.9 Å². The first-order valence-corrected chi connectivity index (χ1v) is 14.3. The molecule has 2 N–H and O–H groups in total. The number of aromatic nitrogens is 1. The van der Waals surface area contributed by atoms with E-state index in [1.165, 1.54) is 6.21 Å². The van der Waals surface area contributed by atoms with Gasteiger partial charge in [0.15, 0.2) is 11.5 Å². The summed E-state index contributed by atoms with van der Waals surface area (Å²) in [5, 5.41) is 6.09. The molecule has 41 heavy (non-hydrogen) atoms. The summed E-state index contributed by atoms with van der Waals surface area (Å²) in [6.45, 7) is 2.18. The van der Waals surface area contributed by atoms with Gasteiger partial charge < -0.3 is 14.5 Å². The summed E-state index contributed by atoms with van der Waals surface area (Å²) >= 11 is 14.6. The molecular formula is C31H22Cl2IN3O4. The Hall–Kier alpha value is -3.86. The van der Waals surface area contributed by atoms with E-state index in [-0.39, 0.29) is 5.75 Å². The number of halogens is 3. The van der Waals surface area contributed by atoms with Crippen LogP contribution in [0.25, 0.3) is 22.0 Å². The Morgan fingerprint density at radius 2 is 1.76 bits per heavy atom. The molecule has 4 aromatic carbocycles. The maximum atomic E-state index is 13.3. The van der Waals surface area contributed by atoms with Crippen LogP contribution >= 0.6 is 45.8 Å². The molecule has 0 bridgehead atoms. The number of esters is 1. The molecular weight excluding hydrogens is 676 g/mol. The van der Waals surface area contributed by atoms with Gasteiger partial charge in [-0.15, -0.1) is 0 Å². The Bertz CT molecular complexity index is 1780. The lowest BCUT2D eigenvalue weighted by atomic mass is 10.0. The van der Waals surface area contributed by atoms with E-state index in [9.17, 15) is 9.59 Å². The maximum absolute atomic E-state index is 13.3. The van der Waals surface area contributed by atoms with Crippen molar-refractivity contribution in [3.05, 3.63) is 115 Å². The first kappa shape index (κ1) is 28.7. The van der Waals surface area contributed by atoms with Gasteiger partial charge in [-0.3, -0.25) is 4.79 Å². The molecule has 0 atom stereocenters. The Kier molecular flexibility index (Phi) is 8.92. The van der Waals surface area contributed by atoms with Gasteiger partial charge in [0, 0.05) is 30.1 Å². The highest BCUT2D eigenvalue weighted by Crippen LogP contribution is 2.38. The summed E-state index contributed by atoms with van der Waals surface area (Å²) in [5.74, 6) is -0.360. The van der Waals surface area contributed by atoms with Crippen molar-refractivity contribution in [3.8, 4) is 22.6 Å². The smallest absolute Gasteiger partial charge is 0.343 e. The topological polar surface area (TPSA) is 92.8 Å². The minimum Gasteiger partial charge on any atom is -0.490 e. The average molecular weight is 698 g/mol. The third kappa shape index (κ3) is 6.40. The van der Waals surface area contributed by atoms with Gasteiger partial charge in [0.1, 0.15) is 5.69 Å². The number of aromatic amines is 1. The Balaban J connectivity index is 1.38. The van der Waals surface area contributed by atoms with Crippen molar-refractivity contribution in [2.75, 3.05) is 6.61 Å². The van der Waals surface area contributed by atoms with Gasteiger partial charge >= 0.3 is 5.97 Å². The van der Waals surface area contributed by atoms with Crippen LogP contribution in [0.1, 0.15) is 33.3 Å². The fourth-order valence-corrected chi connectivity index (χ4v) is 5.21. The molecule has 0 spiro atoms. The van der Waals surface area contributed by atoms with E-state index >= 15 is 0 Å². The highest BCUT2D eigenvalue weighted by molar-refractivity contribution is 14.1. The number of ether oxygens (including phenoxy) is 2. The summed E-state index contributed by atoms with van der Waals surface area (Å²) in [7, 11) is 0. The number of carbonyl (C=O) groups excluding carboxylic acids is 2. The predicted molar refractivity (Wildman–Crippen MR) is 171 cm³/mol. The summed E-state index contributed by atoms with van der Waals surface area (Å²) in [6.07, 6.45) is 1.48. The van der Waals surface area contributed by atoms with Crippen molar-refractivity contribution in [1.82, 2.24) is 10.4 Å². The van der Waals surface area contributed by atoms with Crippen LogP contribution < -0.4 is 14.9 Å². The third-order valence-electron chi connectivity index (χ3n) is 6.08. The average Bonchev–Trinajstić information content (AvgIpc) is 3.36. The van der Waals surface area contributed by atoms with Gasteiger partial charge in [0.25, 0.3) is 5.91 Å². The fourth-order valence-electron chi connectivity index (χ4n) is 4.22. The number of nitrogens with zero attached hydrogens (tertiary/aromatic N) is 1. The monoisotopic (exact) mass is 697 g/mol. The van der Waals surface area contributed by atoms with Gasteiger partial charge in [-0.05, 0) is 89.7 Å². The second kappa shape index (κ2) is 12.8. The van der Waals surface area contributed by atoms with Crippen LogP contribution in [0.5, 0.6) is 11.5 Å². The number of hydrogen-bond donors (Lipinski definition) is 2. The quantitative estimate of drug-likeness (QED) is 0.0563. The molecule has 0 aliphatic heterocycles. The SMILES string of the molecule is CCOc1cc(C=NNC(=O)c2[nH]c3c(I)cccc3c2-c2ccccc2Cl)ccc1OC(=O)c1ccc(Cl)cc1. The zero-order chi connectivity index (χ0) is 28.9. The van der Waals surface area contributed by atoms with Gasteiger partial charge in [-0.2, -0.15) is 5.10 Å². The second-order valence-corrected chi connectivity index (χ2v) is 10.8. The first-order chi connectivity index (χ1) is 19.9. The molecule has 1 aromatic heterocycles. The van der Waals surface area contributed by atoms with E-state index in [4.69, 9.17) is 32.7 Å². The molecule has 0 saturated carbocycles. The minimum atomic E-state index is -0.543. The van der Waals surface area contributed by atoms with E-state index in [1.807, 2.05) is 43.3 Å². The van der Waals surface area contributed by atoms with E-state index in [1.54, 1.807) is 48.5 Å². The van der Waals surface area contributed by atoms with Crippen molar-refractivity contribution in [3.63, 3.8) is 0 Å². The minimum absolute atomic E-state index is 0.255. The molecule has 0 unspecified atom stereocenters. The number of carbonyl (C=O) groups is 2. The molecule has 1 heterocycles. The van der Waals surface area contributed by atoms with Crippen molar-refractivity contribution in [1.29, 1.82) is 0 Å². The molecule has 0 aliphatic rings. The third-order valence-corrected chi connectivity index (χ3v) is 7.56. The number of amides is 1. The van der Waals surface area contributed by atoms with E-state index in [2.05, 4.69) is 38.1 Å². The second-order valence-electron chi connectivity index (χ2n) is 8.75. The number of hydrazone groups is 1.